The predicted octanol–water partition coefficient (Wildman–Crippen LogP) is 4.08. The monoisotopic (exact) mass is 278 g/mol. The molecule has 0 saturated carbocycles. The minimum Gasteiger partial charge on any atom is -0.489 e. The molecular formula is C15H16F2N2O. The Hall–Kier alpha value is -2.30. The summed E-state index contributed by atoms with van der Waals surface area (Å²) >= 11 is 0. The Kier molecular flexibility index (Phi) is 4.08. The zero-order chi connectivity index (χ0) is 14.7. The Labute approximate surface area is 116 Å². The molecule has 2 aromatic carbocycles. The van der Waals surface area contributed by atoms with E-state index in [1.165, 1.54) is 12.1 Å². The maximum atomic E-state index is 13.6. The molecule has 0 atom stereocenters. The van der Waals surface area contributed by atoms with E-state index >= 15 is 0 Å². The van der Waals surface area contributed by atoms with Crippen molar-refractivity contribution < 1.29 is 13.5 Å². The van der Waals surface area contributed by atoms with Gasteiger partial charge in [-0.3, -0.25) is 0 Å². The molecule has 0 heterocycles. The fourth-order valence-corrected chi connectivity index (χ4v) is 1.71. The van der Waals surface area contributed by atoms with Crippen molar-refractivity contribution in [2.24, 2.45) is 0 Å². The molecule has 5 heteroatoms. The van der Waals surface area contributed by atoms with E-state index in [9.17, 15) is 8.78 Å². The molecule has 0 spiro atoms. The number of hydrogen-bond donors (Lipinski definition) is 2. The van der Waals surface area contributed by atoms with Gasteiger partial charge in [0.05, 0.1) is 17.5 Å². The van der Waals surface area contributed by atoms with Crippen molar-refractivity contribution in [1.82, 2.24) is 0 Å². The van der Waals surface area contributed by atoms with E-state index in [-0.39, 0.29) is 11.8 Å². The number of nitrogens with two attached hydrogens (primary N) is 1. The Morgan fingerprint density at radius 1 is 1.10 bits per heavy atom. The molecule has 3 nitrogen and oxygen atoms in total. The van der Waals surface area contributed by atoms with Gasteiger partial charge < -0.3 is 15.8 Å². The Morgan fingerprint density at radius 2 is 1.85 bits per heavy atom. The highest BCUT2D eigenvalue weighted by Crippen LogP contribution is 2.29. The van der Waals surface area contributed by atoms with Gasteiger partial charge in [0.25, 0.3) is 0 Å². The zero-order valence-corrected chi connectivity index (χ0v) is 11.3. The summed E-state index contributed by atoms with van der Waals surface area (Å²) in [5.74, 6) is -0.755. The van der Waals surface area contributed by atoms with Crippen LogP contribution in [0.4, 0.5) is 25.8 Å². The molecule has 2 aromatic rings. The summed E-state index contributed by atoms with van der Waals surface area (Å²) in [5, 5.41) is 2.86. The van der Waals surface area contributed by atoms with Gasteiger partial charge in [0.2, 0.25) is 0 Å². The van der Waals surface area contributed by atoms with Crippen LogP contribution < -0.4 is 15.8 Å². The Bertz CT molecular complexity index is 615. The van der Waals surface area contributed by atoms with Crippen LogP contribution in [0.25, 0.3) is 0 Å². The molecule has 0 amide bonds. The SMILES string of the molecule is CC(C)Oc1cc(Nc2ccc(F)cc2F)ccc1N. The fourth-order valence-electron chi connectivity index (χ4n) is 1.71. The number of hydrogen-bond acceptors (Lipinski definition) is 3. The second-order valence-corrected chi connectivity index (χ2v) is 4.67. The van der Waals surface area contributed by atoms with E-state index < -0.39 is 11.6 Å². The summed E-state index contributed by atoms with van der Waals surface area (Å²) in [6.45, 7) is 3.78. The third-order valence-electron chi connectivity index (χ3n) is 2.59. The highest BCUT2D eigenvalue weighted by atomic mass is 19.1. The maximum absolute atomic E-state index is 13.6. The number of benzene rings is 2. The quantitative estimate of drug-likeness (QED) is 0.828. The molecule has 0 bridgehead atoms. The van der Waals surface area contributed by atoms with Crippen LogP contribution in [0.2, 0.25) is 0 Å². The van der Waals surface area contributed by atoms with Gasteiger partial charge in [0.1, 0.15) is 17.4 Å². The molecule has 20 heavy (non-hydrogen) atoms. The summed E-state index contributed by atoms with van der Waals surface area (Å²) < 4.78 is 32.0. The summed E-state index contributed by atoms with van der Waals surface area (Å²) in [6, 6.07) is 8.40. The molecule has 2 rings (SSSR count). The van der Waals surface area contributed by atoms with E-state index in [0.29, 0.717) is 17.1 Å². The molecule has 3 N–H and O–H groups in total. The minimum atomic E-state index is -0.659. The number of halogens is 2. The van der Waals surface area contributed by atoms with E-state index in [0.717, 1.165) is 6.07 Å². The van der Waals surface area contributed by atoms with Gasteiger partial charge in [-0.1, -0.05) is 0 Å². The van der Waals surface area contributed by atoms with Crippen LogP contribution in [0.3, 0.4) is 0 Å². The third-order valence-corrected chi connectivity index (χ3v) is 2.59. The van der Waals surface area contributed by atoms with Gasteiger partial charge in [-0.15, -0.1) is 0 Å². The van der Waals surface area contributed by atoms with E-state index in [1.54, 1.807) is 18.2 Å². The average Bonchev–Trinajstić information content (AvgIpc) is 2.36. The van der Waals surface area contributed by atoms with Crippen molar-refractivity contribution in [3.8, 4) is 5.75 Å². The second-order valence-electron chi connectivity index (χ2n) is 4.67. The lowest BCUT2D eigenvalue weighted by Gasteiger charge is -2.14. The van der Waals surface area contributed by atoms with E-state index in [2.05, 4.69) is 5.32 Å². The summed E-state index contributed by atoms with van der Waals surface area (Å²) in [6.07, 6.45) is -0.0184. The largest absolute Gasteiger partial charge is 0.489 e. The number of ether oxygens (including phenoxy) is 1. The standard InChI is InChI=1S/C15H16F2N2O/c1-9(2)20-15-8-11(4-5-13(15)18)19-14-6-3-10(16)7-12(14)17/h3-9,19H,18H2,1-2H3. The molecule has 0 saturated heterocycles. The first-order chi connectivity index (χ1) is 9.45. The fraction of sp³-hybridized carbons (Fsp3) is 0.200. The van der Waals surface area contributed by atoms with Crippen LogP contribution in [-0.4, -0.2) is 6.10 Å². The van der Waals surface area contributed by atoms with Crippen molar-refractivity contribution in [2.45, 2.75) is 20.0 Å². The third kappa shape index (κ3) is 3.38. The lowest BCUT2D eigenvalue weighted by Crippen LogP contribution is -2.07. The van der Waals surface area contributed by atoms with Gasteiger partial charge >= 0.3 is 0 Å². The lowest BCUT2D eigenvalue weighted by molar-refractivity contribution is 0.244. The minimum absolute atomic E-state index is 0.0184. The van der Waals surface area contributed by atoms with Crippen molar-refractivity contribution in [2.75, 3.05) is 11.1 Å². The van der Waals surface area contributed by atoms with E-state index in [1.807, 2.05) is 13.8 Å². The first-order valence-electron chi connectivity index (χ1n) is 6.24. The lowest BCUT2D eigenvalue weighted by atomic mass is 10.2. The molecule has 106 valence electrons. The van der Waals surface area contributed by atoms with Crippen LogP contribution in [0.1, 0.15) is 13.8 Å². The zero-order valence-electron chi connectivity index (χ0n) is 11.3. The first-order valence-corrected chi connectivity index (χ1v) is 6.24. The number of nitrogen functional groups attached to an aromatic ring is 1. The van der Waals surface area contributed by atoms with Crippen LogP contribution >= 0.6 is 0 Å². The summed E-state index contributed by atoms with van der Waals surface area (Å²) in [5.41, 5.74) is 7.11. The van der Waals surface area contributed by atoms with Crippen molar-refractivity contribution >= 4 is 17.1 Å². The molecule has 0 unspecified atom stereocenters. The number of nitrogens with one attached hydrogen (secondary N) is 1. The summed E-state index contributed by atoms with van der Waals surface area (Å²) in [4.78, 5) is 0. The number of rotatable bonds is 4. The van der Waals surface area contributed by atoms with Gasteiger partial charge in [-0.2, -0.15) is 0 Å². The highest BCUT2D eigenvalue weighted by Gasteiger charge is 2.07. The molecule has 0 radical (unpaired) electrons. The topological polar surface area (TPSA) is 47.3 Å². The molecule has 0 aliphatic heterocycles. The van der Waals surface area contributed by atoms with Crippen molar-refractivity contribution in [1.29, 1.82) is 0 Å². The molecule has 0 aliphatic carbocycles. The second kappa shape index (κ2) is 5.77. The smallest absolute Gasteiger partial charge is 0.149 e. The molecular weight excluding hydrogens is 262 g/mol. The normalized spacial score (nSPS) is 10.7. The van der Waals surface area contributed by atoms with Crippen LogP contribution in [-0.2, 0) is 0 Å². The van der Waals surface area contributed by atoms with Crippen molar-refractivity contribution in [3.05, 3.63) is 48.0 Å². The predicted molar refractivity (Wildman–Crippen MR) is 76.3 cm³/mol. The Balaban J connectivity index is 2.25. The molecule has 0 fully saturated rings. The summed E-state index contributed by atoms with van der Waals surface area (Å²) in [7, 11) is 0. The molecule has 0 aromatic heterocycles. The maximum Gasteiger partial charge on any atom is 0.149 e. The Morgan fingerprint density at radius 3 is 2.50 bits per heavy atom. The van der Waals surface area contributed by atoms with Gasteiger partial charge in [-0.25, -0.2) is 8.78 Å². The van der Waals surface area contributed by atoms with Crippen LogP contribution in [0.15, 0.2) is 36.4 Å². The van der Waals surface area contributed by atoms with Crippen molar-refractivity contribution in [3.63, 3.8) is 0 Å². The van der Waals surface area contributed by atoms with E-state index in [4.69, 9.17) is 10.5 Å². The highest BCUT2D eigenvalue weighted by molar-refractivity contribution is 5.67. The molecule has 0 aliphatic rings. The van der Waals surface area contributed by atoms with Crippen LogP contribution in [0.5, 0.6) is 5.75 Å². The van der Waals surface area contributed by atoms with Gasteiger partial charge in [-0.05, 0) is 38.1 Å². The number of anilines is 3. The van der Waals surface area contributed by atoms with Gasteiger partial charge in [0.15, 0.2) is 0 Å². The first kappa shape index (κ1) is 14.1. The average molecular weight is 278 g/mol. The van der Waals surface area contributed by atoms with Gasteiger partial charge in [0, 0.05) is 17.8 Å². The van der Waals surface area contributed by atoms with Crippen LogP contribution in [0, 0.1) is 11.6 Å².